The summed E-state index contributed by atoms with van der Waals surface area (Å²) in [6.45, 7) is 0. The molecule has 1 atom stereocenters. The zero-order valence-electron chi connectivity index (χ0n) is 5.47. The number of thioether (sulfide) groups is 1. The van der Waals surface area contributed by atoms with Gasteiger partial charge in [0.25, 0.3) is 0 Å². The van der Waals surface area contributed by atoms with Gasteiger partial charge >= 0.3 is 17.1 Å². The van der Waals surface area contributed by atoms with E-state index in [0.29, 0.717) is 5.75 Å². The Morgan fingerprint density at radius 3 is 2.60 bits per heavy atom. The van der Waals surface area contributed by atoms with Crippen molar-refractivity contribution in [1.29, 1.82) is 0 Å². The largest absolute Gasteiger partial charge is 1.00 e. The van der Waals surface area contributed by atoms with Crippen LogP contribution in [0.2, 0.25) is 0 Å². The minimum absolute atomic E-state index is 0. The molecule has 0 fully saturated rings. The molecule has 0 aromatic heterocycles. The number of carboxylic acids is 1. The molecular formula is C5H9CuO3S. The summed E-state index contributed by atoms with van der Waals surface area (Å²) in [5, 5.41) is 18.4. The Labute approximate surface area is 74.7 Å². The third-order valence-corrected chi connectivity index (χ3v) is 1.51. The Kier molecular flexibility index (Phi) is 9.58. The van der Waals surface area contributed by atoms with Gasteiger partial charge in [0.15, 0.2) is 0 Å². The zero-order valence-corrected chi connectivity index (χ0v) is 7.22. The van der Waals surface area contributed by atoms with Gasteiger partial charge in [0, 0.05) is 0 Å². The fourth-order valence-corrected chi connectivity index (χ4v) is 0.806. The molecule has 1 N–H and O–H groups in total. The van der Waals surface area contributed by atoms with Crippen LogP contribution in [0.25, 0.3) is 0 Å². The molecule has 0 rings (SSSR count). The molecule has 5 heteroatoms. The molecule has 0 aromatic carbocycles. The van der Waals surface area contributed by atoms with Crippen LogP contribution in [-0.4, -0.2) is 29.2 Å². The average Bonchev–Trinajstić information content (AvgIpc) is 1.82. The van der Waals surface area contributed by atoms with Gasteiger partial charge in [0.05, 0.1) is 12.1 Å². The van der Waals surface area contributed by atoms with E-state index in [0.717, 1.165) is 0 Å². The minimum Gasteiger partial charge on any atom is -0.547 e. The first-order chi connectivity index (χ1) is 4.18. The fraction of sp³-hybridized carbons (Fsp3) is 0.800. The van der Waals surface area contributed by atoms with Crippen LogP contribution in [0, 0.1) is 0 Å². The quantitative estimate of drug-likeness (QED) is 0.598. The summed E-state index contributed by atoms with van der Waals surface area (Å²) in [5.41, 5.74) is 0. The molecule has 64 valence electrons. The van der Waals surface area contributed by atoms with Crippen LogP contribution in [0.15, 0.2) is 0 Å². The first kappa shape index (κ1) is 12.9. The van der Waals surface area contributed by atoms with Crippen LogP contribution in [0.5, 0.6) is 0 Å². The van der Waals surface area contributed by atoms with Crippen LogP contribution >= 0.6 is 11.8 Å². The van der Waals surface area contributed by atoms with E-state index in [1.54, 1.807) is 0 Å². The molecule has 3 nitrogen and oxygen atoms in total. The van der Waals surface area contributed by atoms with Gasteiger partial charge in [-0.2, -0.15) is 11.8 Å². The van der Waals surface area contributed by atoms with E-state index in [1.807, 2.05) is 6.26 Å². The monoisotopic (exact) mass is 212 g/mol. The smallest absolute Gasteiger partial charge is 0.547 e. The van der Waals surface area contributed by atoms with Crippen LogP contribution in [-0.2, 0) is 21.9 Å². The summed E-state index contributed by atoms with van der Waals surface area (Å²) in [6, 6.07) is 0. The van der Waals surface area contributed by atoms with E-state index < -0.39 is 12.1 Å². The molecular weight excluding hydrogens is 204 g/mol. The number of carbonyl (C=O) groups is 1. The van der Waals surface area contributed by atoms with Gasteiger partial charge in [-0.3, -0.25) is 0 Å². The van der Waals surface area contributed by atoms with Crippen molar-refractivity contribution in [3.8, 4) is 0 Å². The second-order valence-electron chi connectivity index (χ2n) is 1.62. The molecule has 0 aliphatic rings. The van der Waals surface area contributed by atoms with E-state index in [1.165, 1.54) is 11.8 Å². The van der Waals surface area contributed by atoms with Crippen molar-refractivity contribution in [2.45, 2.75) is 12.5 Å². The number of aliphatic hydroxyl groups is 1. The van der Waals surface area contributed by atoms with Crippen LogP contribution in [0.4, 0.5) is 0 Å². The Morgan fingerprint density at radius 1 is 1.80 bits per heavy atom. The van der Waals surface area contributed by atoms with Gasteiger partial charge < -0.3 is 15.0 Å². The first-order valence-corrected chi connectivity index (χ1v) is 3.95. The predicted molar refractivity (Wildman–Crippen MR) is 34.0 cm³/mol. The van der Waals surface area contributed by atoms with Gasteiger partial charge in [0.1, 0.15) is 0 Å². The van der Waals surface area contributed by atoms with E-state index in [9.17, 15) is 9.90 Å². The Hall–Kier alpha value is 0.299. The molecule has 0 amide bonds. The van der Waals surface area contributed by atoms with Gasteiger partial charge in [-0.15, -0.1) is 0 Å². The maximum absolute atomic E-state index is 9.83. The van der Waals surface area contributed by atoms with Crippen LogP contribution in [0.1, 0.15) is 6.42 Å². The maximum atomic E-state index is 9.83. The summed E-state index contributed by atoms with van der Waals surface area (Å²) in [5.74, 6) is -0.737. The molecule has 0 spiro atoms. The number of carbonyl (C=O) groups excluding carboxylic acids is 1. The molecule has 1 unspecified atom stereocenters. The summed E-state index contributed by atoms with van der Waals surface area (Å²) in [6.07, 6.45) is 0.823. The van der Waals surface area contributed by atoms with Crippen molar-refractivity contribution in [1.82, 2.24) is 0 Å². The minimum atomic E-state index is -1.39. The number of hydrogen-bond donors (Lipinski definition) is 1. The van der Waals surface area contributed by atoms with Crippen molar-refractivity contribution in [2.75, 3.05) is 12.0 Å². The van der Waals surface area contributed by atoms with Crippen molar-refractivity contribution in [2.24, 2.45) is 0 Å². The van der Waals surface area contributed by atoms with Gasteiger partial charge in [0.2, 0.25) is 0 Å². The van der Waals surface area contributed by atoms with Crippen LogP contribution < -0.4 is 5.11 Å². The first-order valence-electron chi connectivity index (χ1n) is 2.56. The third kappa shape index (κ3) is 6.42. The Bertz CT molecular complexity index is 98.9. The van der Waals surface area contributed by atoms with E-state index in [-0.39, 0.29) is 23.5 Å². The fourth-order valence-electron chi connectivity index (χ4n) is 0.347. The normalized spacial score (nSPS) is 11.8. The van der Waals surface area contributed by atoms with Crippen LogP contribution in [0.3, 0.4) is 0 Å². The molecule has 0 saturated heterocycles. The maximum Gasteiger partial charge on any atom is 1.00 e. The predicted octanol–water partition coefficient (Wildman–Crippen LogP) is -1.15. The van der Waals surface area contributed by atoms with Crippen molar-refractivity contribution in [3.63, 3.8) is 0 Å². The molecule has 0 aliphatic carbocycles. The average molecular weight is 213 g/mol. The second-order valence-corrected chi connectivity index (χ2v) is 2.60. The third-order valence-electron chi connectivity index (χ3n) is 0.867. The standard InChI is InChI=1S/C5H10O3S.Cu/c1-9-3-2-4(6)5(7)8;/h4,6H,2-3H2,1H3,(H,7,8);/q;+1/p-1. The summed E-state index contributed by atoms with van der Waals surface area (Å²) >= 11 is 1.50. The number of aliphatic carboxylic acids is 1. The number of aliphatic hydroxyl groups excluding tert-OH is 1. The molecule has 0 heterocycles. The van der Waals surface area contributed by atoms with E-state index >= 15 is 0 Å². The van der Waals surface area contributed by atoms with Crippen molar-refractivity contribution < 1.29 is 32.1 Å². The molecule has 10 heavy (non-hydrogen) atoms. The van der Waals surface area contributed by atoms with Gasteiger partial charge in [-0.05, 0) is 18.4 Å². The molecule has 0 aliphatic heterocycles. The van der Waals surface area contributed by atoms with Gasteiger partial charge in [-0.1, -0.05) is 0 Å². The Morgan fingerprint density at radius 2 is 2.30 bits per heavy atom. The van der Waals surface area contributed by atoms with Crippen molar-refractivity contribution >= 4 is 17.7 Å². The summed E-state index contributed by atoms with van der Waals surface area (Å²) in [7, 11) is 0. The SMILES string of the molecule is CSCCC(O)C(=O)[O-].[Cu+]. The summed E-state index contributed by atoms with van der Waals surface area (Å²) < 4.78 is 0. The Balaban J connectivity index is 0. The number of rotatable bonds is 4. The molecule has 0 radical (unpaired) electrons. The number of hydrogen-bond acceptors (Lipinski definition) is 4. The molecule has 0 saturated carbocycles. The topological polar surface area (TPSA) is 60.4 Å². The summed E-state index contributed by atoms with van der Waals surface area (Å²) in [4.78, 5) is 9.83. The number of carboxylic acid groups (broad SMARTS) is 1. The molecule has 0 aromatic rings. The van der Waals surface area contributed by atoms with E-state index in [4.69, 9.17) is 5.11 Å². The molecule has 0 bridgehead atoms. The van der Waals surface area contributed by atoms with Crippen molar-refractivity contribution in [3.05, 3.63) is 0 Å². The van der Waals surface area contributed by atoms with E-state index in [2.05, 4.69) is 0 Å². The second kappa shape index (κ2) is 7.41. The van der Waals surface area contributed by atoms with Gasteiger partial charge in [-0.25, -0.2) is 0 Å². The zero-order chi connectivity index (χ0) is 7.28.